The molecule has 1 heterocycles. The minimum atomic E-state index is -0.351. The van der Waals surface area contributed by atoms with E-state index in [1.807, 2.05) is 41.3 Å². The van der Waals surface area contributed by atoms with Crippen LogP contribution in [-0.2, 0) is 11.2 Å². The molecular weight excluding hydrogens is 370 g/mol. The van der Waals surface area contributed by atoms with Crippen LogP contribution in [0, 0.1) is 5.41 Å². The van der Waals surface area contributed by atoms with Crippen molar-refractivity contribution in [2.75, 3.05) is 12.0 Å². The first-order valence-corrected chi connectivity index (χ1v) is 10.8. The van der Waals surface area contributed by atoms with E-state index in [2.05, 4.69) is 55.5 Å². The van der Waals surface area contributed by atoms with Crippen molar-refractivity contribution in [2.45, 2.75) is 38.6 Å². The average molecular weight is 400 g/mol. The molecule has 1 amide bonds. The van der Waals surface area contributed by atoms with Gasteiger partial charge in [-0.25, -0.2) is 0 Å². The lowest BCUT2D eigenvalue weighted by Crippen LogP contribution is -2.63. The number of carbonyl (C=O) groups is 1. The summed E-state index contributed by atoms with van der Waals surface area (Å²) >= 11 is 0. The third kappa shape index (κ3) is 3.60. The Kier molecular flexibility index (Phi) is 5.89. The zero-order valence-electron chi connectivity index (χ0n) is 17.8. The van der Waals surface area contributed by atoms with Crippen LogP contribution in [0.15, 0.2) is 84.9 Å². The van der Waals surface area contributed by atoms with Crippen molar-refractivity contribution in [1.29, 1.82) is 0 Å². The highest BCUT2D eigenvalue weighted by Gasteiger charge is 2.59. The van der Waals surface area contributed by atoms with Gasteiger partial charge in [-0.3, -0.25) is 4.79 Å². The number of anilines is 1. The molecule has 1 aliphatic heterocycles. The van der Waals surface area contributed by atoms with Crippen LogP contribution in [0.5, 0.6) is 5.75 Å². The normalized spacial score (nSPS) is 20.7. The largest absolute Gasteiger partial charge is 0.497 e. The van der Waals surface area contributed by atoms with Crippen LogP contribution in [0.25, 0.3) is 0 Å². The van der Waals surface area contributed by atoms with Gasteiger partial charge in [-0.1, -0.05) is 67.6 Å². The number of hydrogen-bond acceptors (Lipinski definition) is 2. The van der Waals surface area contributed by atoms with Crippen molar-refractivity contribution < 1.29 is 9.53 Å². The van der Waals surface area contributed by atoms with Gasteiger partial charge in [0, 0.05) is 5.69 Å². The smallest absolute Gasteiger partial charge is 0.236 e. The summed E-state index contributed by atoms with van der Waals surface area (Å²) in [6.07, 6.45) is 3.74. The van der Waals surface area contributed by atoms with Gasteiger partial charge in [-0.2, -0.15) is 0 Å². The molecule has 3 nitrogen and oxygen atoms in total. The highest BCUT2D eigenvalue weighted by Crippen LogP contribution is 2.56. The molecule has 0 spiro atoms. The summed E-state index contributed by atoms with van der Waals surface area (Å²) in [6, 6.07) is 28.9. The third-order valence-electron chi connectivity index (χ3n) is 6.45. The minimum absolute atomic E-state index is 0.0559. The number of methoxy groups -OCH3 is 1. The van der Waals surface area contributed by atoms with Crippen molar-refractivity contribution in [1.82, 2.24) is 0 Å². The molecular formula is C27H29NO2. The SMILES string of the molecule is CC[C@@]1(CCCc2ccccc2)C(=O)N(c2ccc(OC)cc2)[C@H]1c1ccccc1. The maximum Gasteiger partial charge on any atom is 0.236 e. The van der Waals surface area contributed by atoms with Crippen LogP contribution in [0.3, 0.4) is 0 Å². The Bertz CT molecular complexity index is 969. The van der Waals surface area contributed by atoms with E-state index in [9.17, 15) is 4.79 Å². The maximum atomic E-state index is 13.6. The summed E-state index contributed by atoms with van der Waals surface area (Å²) in [5.74, 6) is 1.03. The van der Waals surface area contributed by atoms with Gasteiger partial charge in [0.2, 0.25) is 5.91 Å². The van der Waals surface area contributed by atoms with Gasteiger partial charge in [0.15, 0.2) is 0 Å². The molecule has 154 valence electrons. The Morgan fingerprint density at radius 2 is 1.53 bits per heavy atom. The number of hydrogen-bond donors (Lipinski definition) is 0. The van der Waals surface area contributed by atoms with Crippen LogP contribution in [0.4, 0.5) is 5.69 Å². The second-order valence-corrected chi connectivity index (χ2v) is 8.04. The Labute approximate surface area is 179 Å². The molecule has 0 unspecified atom stereocenters. The molecule has 0 radical (unpaired) electrons. The first-order valence-electron chi connectivity index (χ1n) is 10.8. The predicted octanol–water partition coefficient (Wildman–Crippen LogP) is 6.20. The zero-order chi connectivity index (χ0) is 21.0. The number of carbonyl (C=O) groups excluding carboxylic acids is 1. The summed E-state index contributed by atoms with van der Waals surface area (Å²) in [6.45, 7) is 2.15. The molecule has 4 rings (SSSR count). The van der Waals surface area contributed by atoms with Crippen LogP contribution >= 0.6 is 0 Å². The second-order valence-electron chi connectivity index (χ2n) is 8.04. The van der Waals surface area contributed by atoms with Gasteiger partial charge in [0.1, 0.15) is 5.75 Å². The van der Waals surface area contributed by atoms with Crippen molar-refractivity contribution in [3.8, 4) is 5.75 Å². The molecule has 3 aromatic rings. The van der Waals surface area contributed by atoms with E-state index < -0.39 is 0 Å². The van der Waals surface area contributed by atoms with Crippen LogP contribution in [0.1, 0.15) is 43.4 Å². The summed E-state index contributed by atoms with van der Waals surface area (Å²) in [5, 5.41) is 0. The van der Waals surface area contributed by atoms with Crippen LogP contribution in [-0.4, -0.2) is 13.0 Å². The van der Waals surface area contributed by atoms with Crippen LogP contribution in [0.2, 0.25) is 0 Å². The molecule has 3 aromatic carbocycles. The fourth-order valence-corrected chi connectivity index (χ4v) is 4.79. The van der Waals surface area contributed by atoms with Gasteiger partial charge in [-0.15, -0.1) is 0 Å². The molecule has 1 aliphatic rings. The lowest BCUT2D eigenvalue weighted by atomic mass is 9.63. The molecule has 3 heteroatoms. The van der Waals surface area contributed by atoms with E-state index in [0.29, 0.717) is 0 Å². The van der Waals surface area contributed by atoms with Gasteiger partial charge < -0.3 is 9.64 Å². The van der Waals surface area contributed by atoms with E-state index in [1.165, 1.54) is 11.1 Å². The average Bonchev–Trinajstić information content (AvgIpc) is 2.81. The number of β-lactam (4-membered cyclic amide) rings is 1. The fraction of sp³-hybridized carbons (Fsp3) is 0.296. The molecule has 0 aliphatic carbocycles. The van der Waals surface area contributed by atoms with E-state index in [-0.39, 0.29) is 17.4 Å². The first-order chi connectivity index (χ1) is 14.7. The van der Waals surface area contributed by atoms with E-state index in [4.69, 9.17) is 4.74 Å². The highest BCUT2D eigenvalue weighted by atomic mass is 16.5. The van der Waals surface area contributed by atoms with E-state index in [0.717, 1.165) is 37.1 Å². The van der Waals surface area contributed by atoms with Crippen LogP contribution < -0.4 is 9.64 Å². The first kappa shape index (κ1) is 20.2. The van der Waals surface area contributed by atoms with E-state index in [1.54, 1.807) is 7.11 Å². The molecule has 2 atom stereocenters. The Hall–Kier alpha value is -3.07. The molecule has 30 heavy (non-hydrogen) atoms. The van der Waals surface area contributed by atoms with Crippen molar-refractivity contribution in [3.05, 3.63) is 96.1 Å². The van der Waals surface area contributed by atoms with Crippen molar-refractivity contribution >= 4 is 11.6 Å². The second kappa shape index (κ2) is 8.74. The van der Waals surface area contributed by atoms with Crippen molar-refractivity contribution in [3.63, 3.8) is 0 Å². The molecule has 0 aromatic heterocycles. The number of ether oxygens (including phenoxy) is 1. The zero-order valence-corrected chi connectivity index (χ0v) is 17.8. The maximum absolute atomic E-state index is 13.6. The lowest BCUT2D eigenvalue weighted by Gasteiger charge is -2.56. The standard InChI is InChI=1S/C27H29NO2/c1-3-27(20-10-13-21-11-6-4-7-12-21)25(22-14-8-5-9-15-22)28(26(27)29)23-16-18-24(30-2)19-17-23/h4-9,11-12,14-19,25H,3,10,13,20H2,1-2H3/t25-,27-/m0/s1. The topological polar surface area (TPSA) is 29.5 Å². The molecule has 0 bridgehead atoms. The Balaban J connectivity index is 1.62. The predicted molar refractivity (Wildman–Crippen MR) is 122 cm³/mol. The molecule has 1 fully saturated rings. The van der Waals surface area contributed by atoms with Crippen molar-refractivity contribution in [2.24, 2.45) is 5.41 Å². The monoisotopic (exact) mass is 399 g/mol. The summed E-state index contributed by atoms with van der Waals surface area (Å²) in [4.78, 5) is 15.6. The minimum Gasteiger partial charge on any atom is -0.497 e. The van der Waals surface area contributed by atoms with Gasteiger partial charge in [-0.05, 0) is 61.1 Å². The number of rotatable bonds is 8. The highest BCUT2D eigenvalue weighted by molar-refractivity contribution is 6.06. The quantitative estimate of drug-likeness (QED) is 0.422. The Morgan fingerprint density at radius 1 is 0.900 bits per heavy atom. The van der Waals surface area contributed by atoms with Gasteiger partial charge in [0.05, 0.1) is 18.6 Å². The van der Waals surface area contributed by atoms with E-state index >= 15 is 0 Å². The molecule has 0 saturated carbocycles. The third-order valence-corrected chi connectivity index (χ3v) is 6.45. The fourth-order valence-electron chi connectivity index (χ4n) is 4.79. The number of amides is 1. The number of benzene rings is 3. The van der Waals surface area contributed by atoms with Gasteiger partial charge >= 0.3 is 0 Å². The summed E-state index contributed by atoms with van der Waals surface area (Å²) in [5.41, 5.74) is 3.12. The summed E-state index contributed by atoms with van der Waals surface area (Å²) < 4.78 is 5.29. The molecule has 0 N–H and O–H groups in total. The molecule has 1 saturated heterocycles. The Morgan fingerprint density at radius 3 is 2.13 bits per heavy atom. The summed E-state index contributed by atoms with van der Waals surface area (Å²) in [7, 11) is 1.66. The lowest BCUT2D eigenvalue weighted by molar-refractivity contribution is -0.141. The number of nitrogens with zero attached hydrogens (tertiary/aromatic N) is 1. The van der Waals surface area contributed by atoms with Gasteiger partial charge in [0.25, 0.3) is 0 Å². The number of aryl methyl sites for hydroxylation is 1.